The summed E-state index contributed by atoms with van der Waals surface area (Å²) in [4.78, 5) is 43.7. The molecule has 1 unspecified atom stereocenters. The number of fused-ring (bicyclic) bond motifs is 1. The topological polar surface area (TPSA) is 119 Å². The predicted octanol–water partition coefficient (Wildman–Crippen LogP) is -1.34. The van der Waals surface area contributed by atoms with Gasteiger partial charge in [-0.2, -0.15) is 4.98 Å². The third-order valence-electron chi connectivity index (χ3n) is 4.22. The maximum absolute atomic E-state index is 12.0. The summed E-state index contributed by atoms with van der Waals surface area (Å²) < 4.78 is 2.95. The Bertz CT molecular complexity index is 861. The van der Waals surface area contributed by atoms with Gasteiger partial charge < -0.3 is 15.2 Å². The summed E-state index contributed by atoms with van der Waals surface area (Å²) in [5, 5.41) is 0. The number of amides is 1. The first-order valence-electron chi connectivity index (χ1n) is 7.10. The Morgan fingerprint density at radius 3 is 2.73 bits per heavy atom. The van der Waals surface area contributed by atoms with Crippen molar-refractivity contribution in [1.29, 1.82) is 0 Å². The highest BCUT2D eigenvalue weighted by molar-refractivity contribution is 5.78. The number of H-pyrrole nitrogens is 1. The molecule has 2 aromatic rings. The second-order valence-electron chi connectivity index (χ2n) is 5.65. The molecule has 9 nitrogen and oxygen atoms in total. The average molecular weight is 306 g/mol. The van der Waals surface area contributed by atoms with Crippen LogP contribution in [0.25, 0.3) is 11.2 Å². The first kappa shape index (κ1) is 14.4. The molecule has 0 aliphatic carbocycles. The summed E-state index contributed by atoms with van der Waals surface area (Å²) in [6.07, 6.45) is 1.58. The fraction of sp³-hybridized carbons (Fsp3) is 0.538. The van der Waals surface area contributed by atoms with E-state index in [4.69, 9.17) is 5.73 Å². The Hall–Kier alpha value is -2.58. The quantitative estimate of drug-likeness (QED) is 0.712. The Balaban J connectivity index is 2.12. The van der Waals surface area contributed by atoms with E-state index in [2.05, 4.69) is 9.97 Å². The van der Waals surface area contributed by atoms with Crippen molar-refractivity contribution in [3.8, 4) is 0 Å². The van der Waals surface area contributed by atoms with Crippen LogP contribution in [0.4, 0.5) is 5.95 Å². The van der Waals surface area contributed by atoms with Crippen LogP contribution in [0.15, 0.2) is 9.59 Å². The molecule has 1 aliphatic heterocycles. The largest absolute Gasteiger partial charge is 0.369 e. The van der Waals surface area contributed by atoms with Gasteiger partial charge in [0.1, 0.15) is 0 Å². The number of rotatable bonds is 2. The van der Waals surface area contributed by atoms with E-state index in [1.54, 1.807) is 18.7 Å². The molecule has 0 radical (unpaired) electrons. The first-order valence-corrected chi connectivity index (χ1v) is 7.10. The second kappa shape index (κ2) is 5.00. The molecular formula is C13H18N6O3. The van der Waals surface area contributed by atoms with Crippen LogP contribution in [-0.4, -0.2) is 38.1 Å². The summed E-state index contributed by atoms with van der Waals surface area (Å²) in [5.41, 5.74) is 5.08. The van der Waals surface area contributed by atoms with E-state index in [0.717, 1.165) is 19.4 Å². The van der Waals surface area contributed by atoms with Crippen molar-refractivity contribution >= 4 is 23.0 Å². The maximum atomic E-state index is 12.0. The first-order chi connectivity index (χ1) is 10.4. The minimum atomic E-state index is -0.504. The van der Waals surface area contributed by atoms with Gasteiger partial charge in [-0.3, -0.25) is 19.1 Å². The molecule has 1 atom stereocenters. The molecule has 22 heavy (non-hydrogen) atoms. The highest BCUT2D eigenvalue weighted by Gasteiger charge is 2.27. The van der Waals surface area contributed by atoms with Crippen LogP contribution in [0.5, 0.6) is 0 Å². The van der Waals surface area contributed by atoms with E-state index in [1.165, 1.54) is 4.57 Å². The Morgan fingerprint density at radius 2 is 2.05 bits per heavy atom. The van der Waals surface area contributed by atoms with Crippen molar-refractivity contribution in [2.75, 3.05) is 18.0 Å². The summed E-state index contributed by atoms with van der Waals surface area (Å²) in [5.74, 6) is 0.0111. The van der Waals surface area contributed by atoms with Gasteiger partial charge in [0, 0.05) is 27.2 Å². The molecule has 0 saturated carbocycles. The van der Waals surface area contributed by atoms with Gasteiger partial charge >= 0.3 is 5.69 Å². The predicted molar refractivity (Wildman–Crippen MR) is 80.7 cm³/mol. The zero-order chi connectivity index (χ0) is 16.0. The van der Waals surface area contributed by atoms with Crippen LogP contribution >= 0.6 is 0 Å². The molecule has 1 saturated heterocycles. The number of nitrogens with one attached hydrogen (secondary N) is 1. The number of aromatic nitrogens is 4. The van der Waals surface area contributed by atoms with Crippen molar-refractivity contribution < 1.29 is 4.79 Å². The minimum absolute atomic E-state index is 0.226. The van der Waals surface area contributed by atoms with E-state index in [0.29, 0.717) is 23.7 Å². The highest BCUT2D eigenvalue weighted by Crippen LogP contribution is 2.24. The van der Waals surface area contributed by atoms with Gasteiger partial charge in [0.05, 0.1) is 5.92 Å². The number of imidazole rings is 1. The maximum Gasteiger partial charge on any atom is 0.329 e. The summed E-state index contributed by atoms with van der Waals surface area (Å²) >= 11 is 0. The van der Waals surface area contributed by atoms with E-state index in [9.17, 15) is 14.4 Å². The number of anilines is 1. The fourth-order valence-corrected chi connectivity index (χ4v) is 2.97. The monoisotopic (exact) mass is 306 g/mol. The van der Waals surface area contributed by atoms with Gasteiger partial charge in [-0.25, -0.2) is 4.79 Å². The lowest BCUT2D eigenvalue weighted by atomic mass is 9.98. The van der Waals surface area contributed by atoms with E-state index >= 15 is 0 Å². The number of carbonyl (C=O) groups is 1. The van der Waals surface area contributed by atoms with Gasteiger partial charge in [-0.1, -0.05) is 0 Å². The van der Waals surface area contributed by atoms with Gasteiger partial charge in [0.25, 0.3) is 5.56 Å². The van der Waals surface area contributed by atoms with E-state index in [1.807, 2.05) is 4.90 Å². The van der Waals surface area contributed by atoms with Crippen molar-refractivity contribution in [2.45, 2.75) is 12.8 Å². The number of piperidine rings is 1. The van der Waals surface area contributed by atoms with E-state index in [-0.39, 0.29) is 11.8 Å². The number of primary amides is 1. The SMILES string of the molecule is Cn1c(N2CCCC(C(N)=O)C2)nc2c1c(=O)[nH]c(=O)n2C. The molecule has 0 spiro atoms. The van der Waals surface area contributed by atoms with Gasteiger partial charge in [0.15, 0.2) is 11.2 Å². The van der Waals surface area contributed by atoms with Crippen LogP contribution in [0.1, 0.15) is 12.8 Å². The molecule has 1 amide bonds. The van der Waals surface area contributed by atoms with Crippen molar-refractivity contribution in [3.05, 3.63) is 20.8 Å². The molecule has 118 valence electrons. The molecule has 1 aliphatic rings. The number of nitrogens with zero attached hydrogens (tertiary/aromatic N) is 4. The normalized spacial score (nSPS) is 18.8. The van der Waals surface area contributed by atoms with Gasteiger partial charge in [-0.05, 0) is 12.8 Å². The number of aromatic amines is 1. The fourth-order valence-electron chi connectivity index (χ4n) is 2.97. The van der Waals surface area contributed by atoms with Crippen LogP contribution in [-0.2, 0) is 18.9 Å². The van der Waals surface area contributed by atoms with Crippen LogP contribution in [0.2, 0.25) is 0 Å². The zero-order valence-corrected chi connectivity index (χ0v) is 12.5. The standard InChI is InChI=1S/C13H18N6O3/c1-17-8-10(18(2)13(22)16-11(8)21)15-12(17)19-5-3-4-7(6-19)9(14)20/h7H,3-6H2,1-2H3,(H2,14,20)(H,16,21,22). The van der Waals surface area contributed by atoms with Crippen molar-refractivity contribution in [1.82, 2.24) is 19.1 Å². The number of hydrogen-bond acceptors (Lipinski definition) is 5. The van der Waals surface area contributed by atoms with Gasteiger partial charge in [-0.15, -0.1) is 0 Å². The molecule has 1 fully saturated rings. The number of carbonyl (C=O) groups excluding carboxylic acids is 1. The lowest BCUT2D eigenvalue weighted by molar-refractivity contribution is -0.122. The highest BCUT2D eigenvalue weighted by atomic mass is 16.2. The molecule has 3 rings (SSSR count). The molecule has 9 heteroatoms. The Morgan fingerprint density at radius 1 is 1.32 bits per heavy atom. The molecular weight excluding hydrogens is 288 g/mol. The molecule has 0 aromatic carbocycles. The van der Waals surface area contributed by atoms with Crippen molar-refractivity contribution in [2.24, 2.45) is 25.7 Å². The Kier molecular flexibility index (Phi) is 3.27. The molecule has 3 heterocycles. The second-order valence-corrected chi connectivity index (χ2v) is 5.65. The zero-order valence-electron chi connectivity index (χ0n) is 12.5. The lowest BCUT2D eigenvalue weighted by Crippen LogP contribution is -2.42. The lowest BCUT2D eigenvalue weighted by Gasteiger charge is -2.31. The third-order valence-corrected chi connectivity index (χ3v) is 4.22. The summed E-state index contributed by atoms with van der Waals surface area (Å²) in [7, 11) is 3.28. The number of hydrogen-bond donors (Lipinski definition) is 2. The van der Waals surface area contributed by atoms with Crippen LogP contribution in [0, 0.1) is 5.92 Å². The summed E-state index contributed by atoms with van der Waals surface area (Å²) in [6, 6.07) is 0. The molecule has 3 N–H and O–H groups in total. The van der Waals surface area contributed by atoms with E-state index < -0.39 is 11.2 Å². The number of aryl methyl sites for hydroxylation is 2. The Labute approximate surface area is 125 Å². The van der Waals surface area contributed by atoms with Gasteiger partial charge in [0.2, 0.25) is 11.9 Å². The number of nitrogens with two attached hydrogens (primary N) is 1. The van der Waals surface area contributed by atoms with Crippen LogP contribution < -0.4 is 21.9 Å². The summed E-state index contributed by atoms with van der Waals surface area (Å²) in [6.45, 7) is 1.20. The molecule has 0 bridgehead atoms. The van der Waals surface area contributed by atoms with Crippen LogP contribution in [0.3, 0.4) is 0 Å². The van der Waals surface area contributed by atoms with Crippen molar-refractivity contribution in [3.63, 3.8) is 0 Å². The molecule has 2 aromatic heterocycles. The smallest absolute Gasteiger partial charge is 0.329 e. The average Bonchev–Trinajstić information content (AvgIpc) is 2.83. The third kappa shape index (κ3) is 2.09. The minimum Gasteiger partial charge on any atom is -0.369 e.